The van der Waals surface area contributed by atoms with Crippen LogP contribution in [-0.4, -0.2) is 38.2 Å². The summed E-state index contributed by atoms with van der Waals surface area (Å²) in [5.41, 5.74) is 11.7. The van der Waals surface area contributed by atoms with Gasteiger partial charge in [0.05, 0.1) is 19.2 Å². The highest BCUT2D eigenvalue weighted by molar-refractivity contribution is 5.90. The van der Waals surface area contributed by atoms with E-state index in [4.69, 9.17) is 25.7 Å². The molecule has 0 amide bonds. The predicted molar refractivity (Wildman–Crippen MR) is 102 cm³/mol. The lowest BCUT2D eigenvalue weighted by atomic mass is 9.99. The van der Waals surface area contributed by atoms with Crippen molar-refractivity contribution in [1.29, 1.82) is 0 Å². The Kier molecular flexibility index (Phi) is 8.84. The normalized spacial score (nSPS) is 11.4. The highest BCUT2D eigenvalue weighted by atomic mass is 16.5. The first-order chi connectivity index (χ1) is 12.7. The Morgan fingerprint density at radius 3 is 2.26 bits per heavy atom. The van der Waals surface area contributed by atoms with Crippen LogP contribution in [0.2, 0.25) is 0 Å². The van der Waals surface area contributed by atoms with Crippen LogP contribution < -0.4 is 16.2 Å². The minimum atomic E-state index is -0.530. The number of guanidine groups is 1. The van der Waals surface area contributed by atoms with Crippen LogP contribution in [0, 0.1) is 5.92 Å². The Labute approximate surface area is 159 Å². The van der Waals surface area contributed by atoms with Crippen LogP contribution in [0.25, 0.3) is 0 Å². The van der Waals surface area contributed by atoms with Gasteiger partial charge in [0.15, 0.2) is 5.96 Å². The molecule has 0 spiro atoms. The molecule has 0 fully saturated rings. The van der Waals surface area contributed by atoms with Gasteiger partial charge in [-0.15, -0.1) is 0 Å². The van der Waals surface area contributed by atoms with Crippen LogP contribution in [0.1, 0.15) is 26.3 Å². The number of nitrogens with zero attached hydrogens (tertiary/aromatic N) is 1. The van der Waals surface area contributed by atoms with E-state index in [1.54, 1.807) is 12.1 Å². The molecule has 1 aromatic rings. The van der Waals surface area contributed by atoms with Crippen LogP contribution >= 0.6 is 0 Å². The van der Waals surface area contributed by atoms with Gasteiger partial charge in [-0.3, -0.25) is 9.79 Å². The summed E-state index contributed by atoms with van der Waals surface area (Å²) in [6.07, 6.45) is 0.266. The molecule has 0 saturated carbocycles. The van der Waals surface area contributed by atoms with Crippen molar-refractivity contribution in [3.63, 3.8) is 0 Å². The molecular formula is C19H27N3O5. The minimum Gasteiger partial charge on any atom is -0.492 e. The molecular weight excluding hydrogens is 350 g/mol. The first kappa shape index (κ1) is 22.0. The van der Waals surface area contributed by atoms with Crippen molar-refractivity contribution in [1.82, 2.24) is 0 Å². The molecule has 4 N–H and O–H groups in total. The van der Waals surface area contributed by atoms with Crippen molar-refractivity contribution in [3.8, 4) is 5.75 Å². The highest BCUT2D eigenvalue weighted by Crippen LogP contribution is 2.23. The number of ether oxygens (including phenoxy) is 3. The lowest BCUT2D eigenvalue weighted by Gasteiger charge is -2.16. The molecule has 8 nitrogen and oxygen atoms in total. The molecule has 8 heteroatoms. The number of rotatable bonds is 9. The topological polar surface area (TPSA) is 126 Å². The van der Waals surface area contributed by atoms with Crippen LogP contribution in [0.3, 0.4) is 0 Å². The number of hydrogen-bond donors (Lipinski definition) is 2. The molecule has 0 aliphatic heterocycles. The fourth-order valence-electron chi connectivity index (χ4n) is 2.31. The molecule has 0 atom stereocenters. The molecule has 0 bridgehead atoms. The standard InChI is InChI=1S/C19H27N3O5/c1-12(2)17(27-13(3)23)16(18(24)25-4)11-14-5-7-15(8-6-14)26-10-9-22-19(20)21/h5-8,12H,9-11H2,1-4H3,(H4,20,21,22). The van der Waals surface area contributed by atoms with E-state index in [2.05, 4.69) is 4.99 Å². The van der Waals surface area contributed by atoms with Crippen molar-refractivity contribution in [2.24, 2.45) is 22.4 Å². The van der Waals surface area contributed by atoms with Gasteiger partial charge in [-0.25, -0.2) is 4.79 Å². The molecule has 1 aromatic carbocycles. The van der Waals surface area contributed by atoms with E-state index in [9.17, 15) is 9.59 Å². The van der Waals surface area contributed by atoms with Crippen LogP contribution in [0.5, 0.6) is 5.75 Å². The van der Waals surface area contributed by atoms with Crippen LogP contribution in [-0.2, 0) is 25.5 Å². The third-order valence-electron chi connectivity index (χ3n) is 3.47. The van der Waals surface area contributed by atoms with E-state index in [1.807, 2.05) is 26.0 Å². The first-order valence-electron chi connectivity index (χ1n) is 8.51. The molecule has 0 aromatic heterocycles. The van der Waals surface area contributed by atoms with Gasteiger partial charge in [0.2, 0.25) is 0 Å². The Balaban J connectivity index is 2.94. The fourth-order valence-corrected chi connectivity index (χ4v) is 2.31. The molecule has 0 heterocycles. The Morgan fingerprint density at radius 2 is 1.78 bits per heavy atom. The zero-order valence-electron chi connectivity index (χ0n) is 16.2. The average Bonchev–Trinajstić information content (AvgIpc) is 2.61. The summed E-state index contributed by atoms with van der Waals surface area (Å²) in [4.78, 5) is 27.4. The third kappa shape index (κ3) is 7.81. The molecule has 0 aliphatic carbocycles. The second kappa shape index (κ2) is 10.8. The van der Waals surface area contributed by atoms with E-state index in [0.29, 0.717) is 30.2 Å². The number of nitrogens with two attached hydrogens (primary N) is 2. The smallest absolute Gasteiger partial charge is 0.337 e. The lowest BCUT2D eigenvalue weighted by molar-refractivity contribution is -0.139. The van der Waals surface area contributed by atoms with E-state index in [-0.39, 0.29) is 18.3 Å². The maximum Gasteiger partial charge on any atom is 0.337 e. The number of benzene rings is 1. The second-order valence-electron chi connectivity index (χ2n) is 6.06. The summed E-state index contributed by atoms with van der Waals surface area (Å²) < 4.78 is 15.7. The lowest BCUT2D eigenvalue weighted by Crippen LogP contribution is -2.23. The van der Waals surface area contributed by atoms with Gasteiger partial charge >= 0.3 is 11.9 Å². The Hall–Kier alpha value is -3.03. The first-order valence-corrected chi connectivity index (χ1v) is 8.51. The van der Waals surface area contributed by atoms with Crippen molar-refractivity contribution >= 4 is 17.9 Å². The largest absolute Gasteiger partial charge is 0.492 e. The molecule has 1 rings (SSSR count). The van der Waals surface area contributed by atoms with E-state index in [0.717, 1.165) is 5.56 Å². The number of hydrogen-bond acceptors (Lipinski definition) is 6. The summed E-state index contributed by atoms with van der Waals surface area (Å²) >= 11 is 0. The fraction of sp³-hybridized carbons (Fsp3) is 0.421. The van der Waals surface area contributed by atoms with Gasteiger partial charge in [0.1, 0.15) is 18.1 Å². The maximum absolute atomic E-state index is 12.2. The van der Waals surface area contributed by atoms with Gasteiger partial charge in [0.25, 0.3) is 0 Å². The van der Waals surface area contributed by atoms with E-state index >= 15 is 0 Å². The van der Waals surface area contributed by atoms with Crippen molar-refractivity contribution in [2.75, 3.05) is 20.3 Å². The molecule has 148 valence electrons. The number of carbonyl (C=O) groups is 2. The predicted octanol–water partition coefficient (Wildman–Crippen LogP) is 1.53. The number of allylic oxidation sites excluding steroid dienone is 1. The maximum atomic E-state index is 12.2. The zero-order chi connectivity index (χ0) is 20.4. The van der Waals surface area contributed by atoms with Gasteiger partial charge < -0.3 is 25.7 Å². The third-order valence-corrected chi connectivity index (χ3v) is 3.47. The molecule has 0 aliphatic rings. The summed E-state index contributed by atoms with van der Waals surface area (Å²) in [5.74, 6) is -0.183. The highest BCUT2D eigenvalue weighted by Gasteiger charge is 2.22. The van der Waals surface area contributed by atoms with E-state index in [1.165, 1.54) is 14.0 Å². The quantitative estimate of drug-likeness (QED) is 0.167. The van der Waals surface area contributed by atoms with Gasteiger partial charge in [-0.1, -0.05) is 26.0 Å². The average molecular weight is 377 g/mol. The number of esters is 2. The summed E-state index contributed by atoms with van der Waals surface area (Å²) in [5, 5.41) is 0. The van der Waals surface area contributed by atoms with E-state index < -0.39 is 11.9 Å². The summed E-state index contributed by atoms with van der Waals surface area (Å²) in [7, 11) is 1.29. The molecule has 0 saturated heterocycles. The van der Waals surface area contributed by atoms with Crippen molar-refractivity contribution in [2.45, 2.75) is 27.2 Å². The van der Waals surface area contributed by atoms with Gasteiger partial charge in [-0.2, -0.15) is 0 Å². The zero-order valence-corrected chi connectivity index (χ0v) is 16.2. The van der Waals surface area contributed by atoms with Crippen molar-refractivity contribution in [3.05, 3.63) is 41.2 Å². The van der Waals surface area contributed by atoms with Crippen LogP contribution in [0.4, 0.5) is 0 Å². The Bertz CT molecular complexity index is 705. The summed E-state index contributed by atoms with van der Waals surface area (Å²) in [6, 6.07) is 7.20. The number of aliphatic imine (C=N–C) groups is 1. The number of carbonyl (C=O) groups excluding carboxylic acids is 2. The SMILES string of the molecule is COC(=O)C(Cc1ccc(OCCN=C(N)N)cc1)=C(OC(C)=O)C(C)C. The monoisotopic (exact) mass is 377 g/mol. The second-order valence-corrected chi connectivity index (χ2v) is 6.06. The summed E-state index contributed by atoms with van der Waals surface area (Å²) in [6.45, 7) is 5.68. The Morgan fingerprint density at radius 1 is 1.15 bits per heavy atom. The number of methoxy groups -OCH3 is 1. The van der Waals surface area contributed by atoms with Gasteiger partial charge in [-0.05, 0) is 17.7 Å². The van der Waals surface area contributed by atoms with Crippen LogP contribution in [0.15, 0.2) is 40.6 Å². The van der Waals surface area contributed by atoms with Gasteiger partial charge in [0, 0.05) is 19.3 Å². The molecule has 0 unspecified atom stereocenters. The molecule has 27 heavy (non-hydrogen) atoms. The van der Waals surface area contributed by atoms with Crippen molar-refractivity contribution < 1.29 is 23.8 Å². The minimum absolute atomic E-state index is 0.0183. The molecule has 0 radical (unpaired) electrons.